The van der Waals surface area contributed by atoms with Gasteiger partial charge in [0.05, 0.1) is 12.7 Å². The number of ether oxygens (including phenoxy) is 2. The Labute approximate surface area is 338 Å². The highest BCUT2D eigenvalue weighted by Gasteiger charge is 2.15. The van der Waals surface area contributed by atoms with E-state index in [9.17, 15) is 4.79 Å². The summed E-state index contributed by atoms with van der Waals surface area (Å²) < 4.78 is 12.1. The zero-order valence-corrected chi connectivity index (χ0v) is 37.5. The molecule has 6 nitrogen and oxygen atoms in total. The van der Waals surface area contributed by atoms with Gasteiger partial charge in [-0.2, -0.15) is 0 Å². The summed E-state index contributed by atoms with van der Waals surface area (Å²) in [5.41, 5.74) is 0. The van der Waals surface area contributed by atoms with E-state index in [-0.39, 0.29) is 12.4 Å². The molecule has 0 fully saturated rings. The lowest BCUT2D eigenvalue weighted by atomic mass is 9.90. The molecule has 1 N–H and O–H groups in total. The largest absolute Gasteiger partial charge is 0.483 e. The minimum atomic E-state index is -0.250. The van der Waals surface area contributed by atoms with E-state index < -0.39 is 0 Å². The molecule has 0 bridgehead atoms. The van der Waals surface area contributed by atoms with Crippen LogP contribution in [0.3, 0.4) is 0 Å². The van der Waals surface area contributed by atoms with Crippen LogP contribution < -0.4 is 0 Å². The Balaban J connectivity index is 0. The van der Waals surface area contributed by atoms with Gasteiger partial charge >= 0.3 is 5.97 Å². The molecular formula is C48H97NO5. The van der Waals surface area contributed by atoms with Crippen molar-refractivity contribution in [1.82, 2.24) is 4.90 Å². The molecule has 1 unspecified atom stereocenters. The standard InChI is InChI=1S/C47H95NO3.CH2O2/c1-7-11-24-33-44(34-25-12-8-2)35-28-20-16-15-17-21-29-38-46(50-42-32-40-48(5)6)39-30-22-18-19-23-31-41-51-47(49)43-45(36-26-13-9-3)37-27-14-10-4;2-1-3/h44-46H,7-43H2,1-6H3;1H,(H,2,3). The number of carbonyl (C=O) groups is 2. The average Bonchev–Trinajstić information content (AvgIpc) is 3.15. The quantitative estimate of drug-likeness (QED) is 0.0379. The molecule has 0 aliphatic heterocycles. The van der Waals surface area contributed by atoms with Gasteiger partial charge in [-0.15, -0.1) is 0 Å². The number of carbonyl (C=O) groups excluding carboxylic acids is 1. The van der Waals surface area contributed by atoms with Crippen LogP contribution in [0.1, 0.15) is 246 Å². The fraction of sp³-hybridized carbons (Fsp3) is 0.958. The lowest BCUT2D eigenvalue weighted by Gasteiger charge is -2.19. The highest BCUT2D eigenvalue weighted by atomic mass is 16.5. The minimum absolute atomic E-state index is 0.0410. The van der Waals surface area contributed by atoms with Crippen LogP contribution in [0, 0.1) is 11.8 Å². The van der Waals surface area contributed by atoms with E-state index in [2.05, 4.69) is 46.7 Å². The van der Waals surface area contributed by atoms with Gasteiger partial charge in [-0.3, -0.25) is 9.59 Å². The molecule has 0 saturated heterocycles. The van der Waals surface area contributed by atoms with E-state index in [0.29, 0.717) is 25.0 Å². The summed E-state index contributed by atoms with van der Waals surface area (Å²) >= 11 is 0. The predicted molar refractivity (Wildman–Crippen MR) is 235 cm³/mol. The fourth-order valence-electron chi connectivity index (χ4n) is 7.81. The molecular weight excluding hydrogens is 671 g/mol. The maximum absolute atomic E-state index is 12.5. The van der Waals surface area contributed by atoms with Crippen LogP contribution in [0.25, 0.3) is 0 Å². The Morgan fingerprint density at radius 1 is 0.500 bits per heavy atom. The Bertz CT molecular complexity index is 712. The summed E-state index contributed by atoms with van der Waals surface area (Å²) in [5.74, 6) is 1.56. The van der Waals surface area contributed by atoms with E-state index in [1.165, 1.54) is 199 Å². The van der Waals surface area contributed by atoms with Gasteiger partial charge in [0, 0.05) is 13.0 Å². The van der Waals surface area contributed by atoms with Crippen molar-refractivity contribution in [3.05, 3.63) is 0 Å². The second kappa shape index (κ2) is 46.2. The normalized spacial score (nSPS) is 12.0. The SMILES string of the molecule is CCCCCC(CCCCC)CCCCCCCCCC(CCCCCCCCOC(=O)CC(CCCCC)CCCCC)OCCCN(C)C.O=CO. The molecule has 0 spiro atoms. The Kier molecular flexibility index (Phi) is 47.1. The third kappa shape index (κ3) is 43.6. The van der Waals surface area contributed by atoms with Gasteiger partial charge in [0.2, 0.25) is 0 Å². The molecule has 6 heteroatoms. The fourth-order valence-corrected chi connectivity index (χ4v) is 7.81. The van der Waals surface area contributed by atoms with Crippen LogP contribution in [0.15, 0.2) is 0 Å². The first-order valence-corrected chi connectivity index (χ1v) is 23.9. The number of hydrogen-bond donors (Lipinski definition) is 1. The van der Waals surface area contributed by atoms with Crippen molar-refractivity contribution >= 4 is 12.4 Å². The van der Waals surface area contributed by atoms with Gasteiger partial charge in [-0.1, -0.05) is 201 Å². The first-order valence-electron chi connectivity index (χ1n) is 23.9. The minimum Gasteiger partial charge on any atom is -0.483 e. The van der Waals surface area contributed by atoms with Crippen molar-refractivity contribution in [2.75, 3.05) is 33.9 Å². The zero-order valence-electron chi connectivity index (χ0n) is 37.5. The highest BCUT2D eigenvalue weighted by molar-refractivity contribution is 5.69. The Morgan fingerprint density at radius 3 is 1.26 bits per heavy atom. The van der Waals surface area contributed by atoms with Crippen LogP contribution in [0.5, 0.6) is 0 Å². The maximum atomic E-state index is 12.5. The summed E-state index contributed by atoms with van der Waals surface area (Å²) in [6.07, 6.45) is 44.6. The van der Waals surface area contributed by atoms with Gasteiger partial charge in [-0.05, 0) is 71.0 Å². The summed E-state index contributed by atoms with van der Waals surface area (Å²) in [7, 11) is 4.31. The molecule has 0 aromatic heterocycles. The van der Waals surface area contributed by atoms with Crippen molar-refractivity contribution in [2.45, 2.75) is 252 Å². The van der Waals surface area contributed by atoms with Crippen molar-refractivity contribution in [2.24, 2.45) is 11.8 Å². The van der Waals surface area contributed by atoms with Crippen molar-refractivity contribution < 1.29 is 24.2 Å². The highest BCUT2D eigenvalue weighted by Crippen LogP contribution is 2.25. The summed E-state index contributed by atoms with van der Waals surface area (Å²) in [5, 5.41) is 6.89. The molecule has 0 radical (unpaired) electrons. The zero-order chi connectivity index (χ0) is 40.2. The van der Waals surface area contributed by atoms with Gasteiger partial charge < -0.3 is 19.5 Å². The van der Waals surface area contributed by atoms with E-state index >= 15 is 0 Å². The lowest BCUT2D eigenvalue weighted by Crippen LogP contribution is -2.18. The lowest BCUT2D eigenvalue weighted by molar-refractivity contribution is -0.145. The van der Waals surface area contributed by atoms with Crippen LogP contribution in [-0.2, 0) is 19.1 Å². The third-order valence-electron chi connectivity index (χ3n) is 11.2. The third-order valence-corrected chi connectivity index (χ3v) is 11.2. The molecule has 0 rings (SSSR count). The first-order chi connectivity index (χ1) is 26.4. The summed E-state index contributed by atoms with van der Waals surface area (Å²) in [6, 6.07) is 0. The molecule has 0 aliphatic rings. The Morgan fingerprint density at radius 2 is 0.852 bits per heavy atom. The summed E-state index contributed by atoms with van der Waals surface area (Å²) in [6.45, 7) is 11.5. The average molecular weight is 768 g/mol. The number of esters is 1. The second-order valence-electron chi connectivity index (χ2n) is 16.9. The van der Waals surface area contributed by atoms with E-state index in [0.717, 1.165) is 31.9 Å². The van der Waals surface area contributed by atoms with Crippen molar-refractivity contribution in [3.8, 4) is 0 Å². The smallest absolute Gasteiger partial charge is 0.306 e. The molecule has 0 saturated carbocycles. The monoisotopic (exact) mass is 768 g/mol. The Hall–Kier alpha value is -1.14. The van der Waals surface area contributed by atoms with Gasteiger partial charge in [0.25, 0.3) is 6.47 Å². The number of nitrogens with zero attached hydrogens (tertiary/aromatic N) is 1. The molecule has 0 amide bonds. The van der Waals surface area contributed by atoms with Gasteiger partial charge in [-0.25, -0.2) is 0 Å². The molecule has 1 atom stereocenters. The predicted octanol–water partition coefficient (Wildman–Crippen LogP) is 14.8. The molecule has 0 aromatic carbocycles. The van der Waals surface area contributed by atoms with Crippen LogP contribution >= 0.6 is 0 Å². The van der Waals surface area contributed by atoms with Gasteiger partial charge in [0.15, 0.2) is 0 Å². The van der Waals surface area contributed by atoms with E-state index in [4.69, 9.17) is 19.4 Å². The van der Waals surface area contributed by atoms with E-state index in [1.807, 2.05) is 0 Å². The molecule has 324 valence electrons. The van der Waals surface area contributed by atoms with Crippen LogP contribution in [0.4, 0.5) is 0 Å². The molecule has 0 heterocycles. The second-order valence-corrected chi connectivity index (χ2v) is 16.9. The number of carboxylic acid groups (broad SMARTS) is 1. The number of hydrogen-bond acceptors (Lipinski definition) is 5. The van der Waals surface area contributed by atoms with Crippen molar-refractivity contribution in [3.63, 3.8) is 0 Å². The topological polar surface area (TPSA) is 76.1 Å². The molecule has 0 aliphatic carbocycles. The van der Waals surface area contributed by atoms with Crippen LogP contribution in [-0.4, -0.2) is 62.4 Å². The molecule has 54 heavy (non-hydrogen) atoms. The van der Waals surface area contributed by atoms with E-state index in [1.54, 1.807) is 0 Å². The van der Waals surface area contributed by atoms with Gasteiger partial charge in [0.1, 0.15) is 0 Å². The number of unbranched alkanes of at least 4 members (excludes halogenated alkanes) is 19. The number of rotatable bonds is 42. The van der Waals surface area contributed by atoms with Crippen LogP contribution in [0.2, 0.25) is 0 Å². The summed E-state index contributed by atoms with van der Waals surface area (Å²) in [4.78, 5) is 23.1. The first kappa shape index (κ1) is 55.0. The molecule has 0 aromatic rings. The maximum Gasteiger partial charge on any atom is 0.306 e. The van der Waals surface area contributed by atoms with Crippen molar-refractivity contribution in [1.29, 1.82) is 0 Å².